The maximum Gasteiger partial charge on any atom is 0.0159 e. The molecule has 9 aromatic carbocycles. The molecule has 0 spiro atoms. The largest absolute Gasteiger partial charge is 0.0619 e. The third kappa shape index (κ3) is 4.46. The van der Waals surface area contributed by atoms with Gasteiger partial charge < -0.3 is 0 Å². The Hall–Kier alpha value is -6.24. The molecule has 0 heterocycles. The number of aryl methyl sites for hydroxylation is 1. The number of fused-ring (bicyclic) bond motifs is 9. The van der Waals surface area contributed by atoms with Gasteiger partial charge in [0, 0.05) is 10.8 Å². The van der Waals surface area contributed by atoms with Crippen LogP contribution < -0.4 is 0 Å². The van der Waals surface area contributed by atoms with Crippen molar-refractivity contribution in [1.82, 2.24) is 0 Å². The molecule has 9 aromatic rings. The summed E-state index contributed by atoms with van der Waals surface area (Å²) in [6.45, 7) is 11.8. The van der Waals surface area contributed by atoms with Gasteiger partial charge in [-0.25, -0.2) is 0 Å². The van der Waals surface area contributed by atoms with Gasteiger partial charge in [-0.3, -0.25) is 0 Å². The Morgan fingerprint density at radius 3 is 1.65 bits per heavy atom. The summed E-state index contributed by atoms with van der Waals surface area (Å²) >= 11 is 0. The average Bonchev–Trinajstić information content (AvgIpc) is 3.58. The van der Waals surface area contributed by atoms with E-state index in [1.165, 1.54) is 116 Å². The molecule has 0 fully saturated rings. The highest BCUT2D eigenvalue weighted by Gasteiger charge is 2.38. The van der Waals surface area contributed by atoms with Crippen molar-refractivity contribution >= 4 is 32.3 Å². The second kappa shape index (κ2) is 11.4. The zero-order valence-corrected chi connectivity index (χ0v) is 32.1. The molecule has 2 aliphatic rings. The molecule has 262 valence electrons. The summed E-state index contributed by atoms with van der Waals surface area (Å²) in [6.07, 6.45) is 0. The minimum atomic E-state index is -0.159. The molecule has 0 aliphatic heterocycles. The van der Waals surface area contributed by atoms with Gasteiger partial charge in [0.1, 0.15) is 0 Å². The Kier molecular flexibility index (Phi) is 6.67. The number of benzene rings is 9. The van der Waals surface area contributed by atoms with Crippen LogP contribution in [0.2, 0.25) is 0 Å². The van der Waals surface area contributed by atoms with E-state index in [4.69, 9.17) is 0 Å². The quantitative estimate of drug-likeness (QED) is 0.161. The molecule has 0 aromatic heterocycles. The van der Waals surface area contributed by atoms with Crippen LogP contribution in [0.1, 0.15) is 55.5 Å². The summed E-state index contributed by atoms with van der Waals surface area (Å²) in [5.41, 5.74) is 19.9. The lowest BCUT2D eigenvalue weighted by Crippen LogP contribution is -2.15. The van der Waals surface area contributed by atoms with Crippen molar-refractivity contribution in [2.24, 2.45) is 0 Å². The lowest BCUT2D eigenvalue weighted by atomic mass is 9.79. The molecule has 0 atom stereocenters. The van der Waals surface area contributed by atoms with Crippen LogP contribution in [0.4, 0.5) is 0 Å². The van der Waals surface area contributed by atoms with E-state index in [2.05, 4.69) is 198 Å². The van der Waals surface area contributed by atoms with E-state index in [0.717, 1.165) is 0 Å². The Balaban J connectivity index is 1.13. The standard InChI is InChI=1S/C55H42/c1-33-24-27-43-46(30-33)52(45-21-13-23-48-53(45)44-19-10-11-22-47(44)54(48,2)3)42-18-9-8-17-41(42)51(43)36-26-29-40-39-28-25-35(31-49(39)55(4,5)50(40)32-36)38-20-12-15-34-14-6-7-16-37(34)38/h6-32H,1-5H3. The lowest BCUT2D eigenvalue weighted by Gasteiger charge is -2.24. The minimum Gasteiger partial charge on any atom is -0.0619 e. The van der Waals surface area contributed by atoms with Gasteiger partial charge in [0.25, 0.3) is 0 Å². The Labute approximate surface area is 323 Å². The summed E-state index contributed by atoms with van der Waals surface area (Å²) in [7, 11) is 0. The van der Waals surface area contributed by atoms with Crippen LogP contribution in [0, 0.1) is 6.92 Å². The van der Waals surface area contributed by atoms with Gasteiger partial charge in [0.2, 0.25) is 0 Å². The fourth-order valence-corrected chi connectivity index (χ4v) is 10.4. The van der Waals surface area contributed by atoms with Gasteiger partial charge >= 0.3 is 0 Å². The van der Waals surface area contributed by atoms with Crippen molar-refractivity contribution in [3.63, 3.8) is 0 Å². The van der Waals surface area contributed by atoms with Gasteiger partial charge in [-0.2, -0.15) is 0 Å². The second-order valence-corrected chi connectivity index (χ2v) is 16.9. The molecular weight excluding hydrogens is 661 g/mol. The summed E-state index contributed by atoms with van der Waals surface area (Å²) in [6, 6.07) is 62.0. The molecule has 0 bridgehead atoms. The lowest BCUT2D eigenvalue weighted by molar-refractivity contribution is 0.660. The molecule has 0 saturated carbocycles. The monoisotopic (exact) mass is 702 g/mol. The maximum atomic E-state index is 2.51. The Morgan fingerprint density at radius 1 is 0.309 bits per heavy atom. The van der Waals surface area contributed by atoms with Crippen molar-refractivity contribution in [2.75, 3.05) is 0 Å². The topological polar surface area (TPSA) is 0 Å². The molecule has 0 heteroatoms. The highest BCUT2D eigenvalue weighted by atomic mass is 14.4. The summed E-state index contributed by atoms with van der Waals surface area (Å²) in [5.74, 6) is 0. The van der Waals surface area contributed by atoms with Crippen molar-refractivity contribution in [3.05, 3.63) is 192 Å². The van der Waals surface area contributed by atoms with Crippen LogP contribution in [0.5, 0.6) is 0 Å². The first-order valence-electron chi connectivity index (χ1n) is 19.7. The van der Waals surface area contributed by atoms with E-state index in [9.17, 15) is 0 Å². The zero-order chi connectivity index (χ0) is 37.2. The molecule has 0 N–H and O–H groups in total. The average molecular weight is 703 g/mol. The predicted octanol–water partition coefficient (Wildman–Crippen LogP) is 15.1. The summed E-state index contributed by atoms with van der Waals surface area (Å²) in [4.78, 5) is 0. The fraction of sp³-hybridized carbons (Fsp3) is 0.127. The smallest absolute Gasteiger partial charge is 0.0159 e. The molecule has 0 amide bonds. The third-order valence-corrected chi connectivity index (χ3v) is 13.1. The van der Waals surface area contributed by atoms with Gasteiger partial charge in [-0.05, 0) is 129 Å². The van der Waals surface area contributed by atoms with Crippen molar-refractivity contribution in [2.45, 2.75) is 45.4 Å². The molecule has 0 nitrogen and oxygen atoms in total. The highest BCUT2D eigenvalue weighted by Crippen LogP contribution is 2.56. The molecule has 2 aliphatic carbocycles. The van der Waals surface area contributed by atoms with Crippen molar-refractivity contribution in [3.8, 4) is 55.6 Å². The Morgan fingerprint density at radius 2 is 0.855 bits per heavy atom. The van der Waals surface area contributed by atoms with Crippen LogP contribution in [0.3, 0.4) is 0 Å². The molecule has 11 rings (SSSR count). The summed E-state index contributed by atoms with van der Waals surface area (Å²) in [5, 5.41) is 7.78. The van der Waals surface area contributed by atoms with E-state index in [1.807, 2.05) is 0 Å². The number of hydrogen-bond donors (Lipinski definition) is 0. The molecule has 55 heavy (non-hydrogen) atoms. The van der Waals surface area contributed by atoms with Crippen LogP contribution >= 0.6 is 0 Å². The zero-order valence-electron chi connectivity index (χ0n) is 32.1. The van der Waals surface area contributed by atoms with E-state index < -0.39 is 0 Å². The number of hydrogen-bond acceptors (Lipinski definition) is 0. The number of rotatable bonds is 3. The van der Waals surface area contributed by atoms with Gasteiger partial charge in [-0.15, -0.1) is 0 Å². The molecule has 0 radical (unpaired) electrons. The van der Waals surface area contributed by atoms with Crippen molar-refractivity contribution in [1.29, 1.82) is 0 Å². The normalized spacial score (nSPS) is 14.6. The third-order valence-electron chi connectivity index (χ3n) is 13.1. The van der Waals surface area contributed by atoms with Crippen molar-refractivity contribution < 1.29 is 0 Å². The SMILES string of the molecule is Cc1ccc2c(-c3ccc4c(c3)C(C)(C)c3cc(-c5cccc6ccccc56)ccc3-4)c3ccccc3c(-c3cccc4c3-c3ccccc3C4(C)C)c2c1. The first-order chi connectivity index (χ1) is 26.7. The van der Waals surface area contributed by atoms with E-state index in [0.29, 0.717) is 0 Å². The first-order valence-corrected chi connectivity index (χ1v) is 19.7. The molecular formula is C55H42. The maximum absolute atomic E-state index is 2.51. The van der Waals surface area contributed by atoms with Gasteiger partial charge in [0.15, 0.2) is 0 Å². The van der Waals surface area contributed by atoms with Crippen LogP contribution in [0.15, 0.2) is 164 Å². The second-order valence-electron chi connectivity index (χ2n) is 16.9. The van der Waals surface area contributed by atoms with E-state index in [-0.39, 0.29) is 10.8 Å². The summed E-state index contributed by atoms with van der Waals surface area (Å²) < 4.78 is 0. The van der Waals surface area contributed by atoms with Crippen LogP contribution in [-0.2, 0) is 10.8 Å². The first kappa shape index (κ1) is 32.2. The molecule has 0 unspecified atom stereocenters. The Bertz CT molecular complexity index is 3090. The van der Waals surface area contributed by atoms with Crippen LogP contribution in [-0.4, -0.2) is 0 Å². The molecule has 0 saturated heterocycles. The highest BCUT2D eigenvalue weighted by molar-refractivity contribution is 6.23. The van der Waals surface area contributed by atoms with E-state index >= 15 is 0 Å². The fourth-order valence-electron chi connectivity index (χ4n) is 10.4. The van der Waals surface area contributed by atoms with E-state index in [1.54, 1.807) is 0 Å². The van der Waals surface area contributed by atoms with Gasteiger partial charge in [0.05, 0.1) is 0 Å². The minimum absolute atomic E-state index is 0.0617. The van der Waals surface area contributed by atoms with Gasteiger partial charge in [-0.1, -0.05) is 185 Å². The van der Waals surface area contributed by atoms with Crippen LogP contribution in [0.25, 0.3) is 88.0 Å². The predicted molar refractivity (Wildman–Crippen MR) is 235 cm³/mol.